The van der Waals surface area contributed by atoms with Gasteiger partial charge in [0.25, 0.3) is 5.56 Å². The minimum absolute atomic E-state index is 0.0207. The van der Waals surface area contributed by atoms with Crippen molar-refractivity contribution in [2.24, 2.45) is 14.1 Å². The van der Waals surface area contributed by atoms with Gasteiger partial charge in [-0.2, -0.15) is 10.2 Å². The fourth-order valence-electron chi connectivity index (χ4n) is 3.26. The highest BCUT2D eigenvalue weighted by Gasteiger charge is 2.29. The predicted molar refractivity (Wildman–Crippen MR) is 89.5 cm³/mol. The number of aryl methyl sites for hydroxylation is 1. The van der Waals surface area contributed by atoms with Crippen LogP contribution in [0, 0.1) is 11.3 Å². The molecule has 3 heterocycles. The lowest BCUT2D eigenvalue weighted by Gasteiger charge is -2.34. The number of nitriles is 1. The molecule has 1 aliphatic heterocycles. The fraction of sp³-hybridized carbons (Fsp3) is 0.562. The van der Waals surface area contributed by atoms with E-state index >= 15 is 0 Å². The Balaban J connectivity index is 2.01. The molecule has 132 valence electrons. The lowest BCUT2D eigenvalue weighted by molar-refractivity contribution is 0.367. The third kappa shape index (κ3) is 2.84. The van der Waals surface area contributed by atoms with Crippen LogP contribution in [0.2, 0.25) is 0 Å². The van der Waals surface area contributed by atoms with E-state index in [2.05, 4.69) is 10.1 Å². The standard InChI is InChI=1S/C16H20N6O3/c1-4-12-18-13(19-25-12)10-6-5-7-22(9-10)14-11(8-17)15(23)21(3)16(24)20(14)2/h10H,4-7,9H2,1-3H3/t10-/m0/s1. The monoisotopic (exact) mass is 344 g/mol. The third-order valence-electron chi connectivity index (χ3n) is 4.62. The van der Waals surface area contributed by atoms with Gasteiger partial charge >= 0.3 is 5.69 Å². The maximum Gasteiger partial charge on any atom is 0.332 e. The number of hydrogen-bond acceptors (Lipinski definition) is 7. The number of rotatable bonds is 3. The Bertz CT molecular complexity index is 948. The Labute approximate surface area is 144 Å². The molecule has 0 amide bonds. The molecule has 1 saturated heterocycles. The van der Waals surface area contributed by atoms with E-state index in [0.717, 1.165) is 17.4 Å². The van der Waals surface area contributed by atoms with Crippen molar-refractivity contribution in [3.05, 3.63) is 38.1 Å². The summed E-state index contributed by atoms with van der Waals surface area (Å²) >= 11 is 0. The van der Waals surface area contributed by atoms with Crippen LogP contribution >= 0.6 is 0 Å². The summed E-state index contributed by atoms with van der Waals surface area (Å²) in [7, 11) is 2.95. The van der Waals surface area contributed by atoms with Gasteiger partial charge in [-0.15, -0.1) is 0 Å². The first-order valence-corrected chi connectivity index (χ1v) is 8.25. The van der Waals surface area contributed by atoms with E-state index in [4.69, 9.17) is 4.52 Å². The maximum atomic E-state index is 12.3. The summed E-state index contributed by atoms with van der Waals surface area (Å²) in [5, 5.41) is 13.5. The quantitative estimate of drug-likeness (QED) is 0.786. The van der Waals surface area contributed by atoms with Crippen molar-refractivity contribution in [1.29, 1.82) is 5.26 Å². The van der Waals surface area contributed by atoms with Gasteiger partial charge in [0.2, 0.25) is 5.89 Å². The van der Waals surface area contributed by atoms with Crippen LogP contribution in [-0.4, -0.2) is 32.4 Å². The zero-order valence-electron chi connectivity index (χ0n) is 14.5. The Morgan fingerprint density at radius 1 is 1.32 bits per heavy atom. The van der Waals surface area contributed by atoms with Crippen LogP contribution in [0.25, 0.3) is 0 Å². The molecule has 25 heavy (non-hydrogen) atoms. The number of hydrogen-bond donors (Lipinski definition) is 0. The average Bonchev–Trinajstić information content (AvgIpc) is 3.12. The molecule has 0 saturated carbocycles. The van der Waals surface area contributed by atoms with Crippen molar-refractivity contribution in [2.75, 3.05) is 18.0 Å². The van der Waals surface area contributed by atoms with Gasteiger partial charge in [-0.3, -0.25) is 13.9 Å². The molecule has 9 heteroatoms. The second-order valence-electron chi connectivity index (χ2n) is 6.20. The van der Waals surface area contributed by atoms with Crippen molar-refractivity contribution in [1.82, 2.24) is 19.3 Å². The van der Waals surface area contributed by atoms with Crippen molar-refractivity contribution in [3.8, 4) is 6.07 Å². The molecule has 1 aliphatic rings. The number of nitrogens with zero attached hydrogens (tertiary/aromatic N) is 6. The minimum Gasteiger partial charge on any atom is -0.356 e. The van der Waals surface area contributed by atoms with Crippen molar-refractivity contribution in [2.45, 2.75) is 32.1 Å². The summed E-state index contributed by atoms with van der Waals surface area (Å²) in [5.74, 6) is 1.61. The Hall–Kier alpha value is -2.89. The lowest BCUT2D eigenvalue weighted by Crippen LogP contribution is -2.45. The first-order valence-electron chi connectivity index (χ1n) is 8.25. The minimum atomic E-state index is -0.574. The van der Waals surface area contributed by atoms with E-state index in [1.807, 2.05) is 17.9 Å². The molecule has 1 fully saturated rings. The summed E-state index contributed by atoms with van der Waals surface area (Å²) in [6, 6.07) is 1.95. The van der Waals surface area contributed by atoms with E-state index in [1.54, 1.807) is 7.05 Å². The Morgan fingerprint density at radius 3 is 2.72 bits per heavy atom. The molecule has 2 aromatic heterocycles. The highest BCUT2D eigenvalue weighted by molar-refractivity contribution is 5.54. The predicted octanol–water partition coefficient (Wildman–Crippen LogP) is 0.285. The maximum absolute atomic E-state index is 12.3. The molecule has 0 N–H and O–H groups in total. The van der Waals surface area contributed by atoms with Crippen LogP contribution in [0.3, 0.4) is 0 Å². The van der Waals surface area contributed by atoms with Gasteiger partial charge in [0.1, 0.15) is 11.9 Å². The highest BCUT2D eigenvalue weighted by atomic mass is 16.5. The van der Waals surface area contributed by atoms with Gasteiger partial charge in [0.05, 0.1) is 0 Å². The van der Waals surface area contributed by atoms with E-state index in [-0.39, 0.29) is 11.5 Å². The van der Waals surface area contributed by atoms with Gasteiger partial charge < -0.3 is 9.42 Å². The fourth-order valence-corrected chi connectivity index (χ4v) is 3.26. The topological polar surface area (TPSA) is 110 Å². The molecule has 9 nitrogen and oxygen atoms in total. The van der Waals surface area contributed by atoms with Gasteiger partial charge in [0.15, 0.2) is 11.4 Å². The Kier molecular flexibility index (Phi) is 4.44. The van der Waals surface area contributed by atoms with Crippen LogP contribution in [0.4, 0.5) is 5.82 Å². The number of aromatic nitrogens is 4. The number of piperidine rings is 1. The third-order valence-corrected chi connectivity index (χ3v) is 4.62. The molecule has 3 rings (SSSR count). The molecule has 2 aromatic rings. The van der Waals surface area contributed by atoms with E-state index in [1.165, 1.54) is 11.6 Å². The average molecular weight is 344 g/mol. The van der Waals surface area contributed by atoms with E-state index in [9.17, 15) is 14.9 Å². The molecular weight excluding hydrogens is 324 g/mol. The van der Waals surface area contributed by atoms with Crippen LogP contribution in [0.5, 0.6) is 0 Å². The van der Waals surface area contributed by atoms with Crippen LogP contribution in [0.15, 0.2) is 14.1 Å². The van der Waals surface area contributed by atoms with Crippen molar-refractivity contribution < 1.29 is 4.52 Å². The molecule has 0 aliphatic carbocycles. The smallest absolute Gasteiger partial charge is 0.332 e. The van der Waals surface area contributed by atoms with Gasteiger partial charge in [-0.1, -0.05) is 12.1 Å². The SMILES string of the molecule is CCc1nc([C@H]2CCCN(c3c(C#N)c(=O)n(C)c(=O)n3C)C2)no1. The summed E-state index contributed by atoms with van der Waals surface area (Å²) in [4.78, 5) is 30.8. The molecular formula is C16H20N6O3. The second kappa shape index (κ2) is 6.55. The molecule has 0 bridgehead atoms. The van der Waals surface area contributed by atoms with Crippen LogP contribution in [-0.2, 0) is 20.5 Å². The summed E-state index contributed by atoms with van der Waals surface area (Å²) in [5.41, 5.74) is -1.04. The van der Waals surface area contributed by atoms with Gasteiger partial charge in [-0.05, 0) is 12.8 Å². The van der Waals surface area contributed by atoms with Crippen molar-refractivity contribution >= 4 is 5.82 Å². The molecule has 0 radical (unpaired) electrons. The highest BCUT2D eigenvalue weighted by Crippen LogP contribution is 2.28. The van der Waals surface area contributed by atoms with E-state index < -0.39 is 11.2 Å². The molecule has 1 atom stereocenters. The lowest BCUT2D eigenvalue weighted by atomic mass is 9.97. The summed E-state index contributed by atoms with van der Waals surface area (Å²) in [6.07, 6.45) is 2.40. The molecule has 0 unspecified atom stereocenters. The first kappa shape index (κ1) is 17.0. The van der Waals surface area contributed by atoms with Crippen molar-refractivity contribution in [3.63, 3.8) is 0 Å². The van der Waals surface area contributed by atoms with Crippen LogP contribution in [0.1, 0.15) is 43.0 Å². The zero-order chi connectivity index (χ0) is 18.1. The van der Waals surface area contributed by atoms with Gasteiger partial charge in [0, 0.05) is 39.5 Å². The van der Waals surface area contributed by atoms with Crippen LogP contribution < -0.4 is 16.1 Å². The summed E-state index contributed by atoms with van der Waals surface area (Å²) in [6.45, 7) is 3.13. The molecule has 0 aromatic carbocycles. The zero-order valence-corrected chi connectivity index (χ0v) is 14.5. The normalized spacial score (nSPS) is 17.5. The molecule has 0 spiro atoms. The van der Waals surface area contributed by atoms with E-state index in [0.29, 0.717) is 37.0 Å². The van der Waals surface area contributed by atoms with Gasteiger partial charge in [-0.25, -0.2) is 4.79 Å². The first-order chi connectivity index (χ1) is 12.0. The largest absolute Gasteiger partial charge is 0.356 e. The summed E-state index contributed by atoms with van der Waals surface area (Å²) < 4.78 is 7.50. The number of anilines is 1. The second-order valence-corrected chi connectivity index (χ2v) is 6.20. The Morgan fingerprint density at radius 2 is 2.08 bits per heavy atom.